The van der Waals surface area contributed by atoms with Gasteiger partial charge in [-0.1, -0.05) is 13.8 Å². The van der Waals surface area contributed by atoms with E-state index in [1.807, 2.05) is 0 Å². The van der Waals surface area contributed by atoms with Gasteiger partial charge in [0.25, 0.3) is 0 Å². The van der Waals surface area contributed by atoms with E-state index >= 15 is 0 Å². The van der Waals surface area contributed by atoms with Crippen LogP contribution < -0.4 is 0 Å². The summed E-state index contributed by atoms with van der Waals surface area (Å²) in [6.07, 6.45) is 1.74. The van der Waals surface area contributed by atoms with E-state index in [-0.39, 0.29) is 0 Å². The number of unbranched alkanes of at least 4 members (excludes halogenated alkanes) is 1. The summed E-state index contributed by atoms with van der Waals surface area (Å²) >= 11 is 0. The van der Waals surface area contributed by atoms with Crippen LogP contribution >= 0.6 is 0 Å². The first-order valence-corrected chi connectivity index (χ1v) is 4.23. The van der Waals surface area contributed by atoms with E-state index < -0.39 is 0 Å². The molecule has 1 aliphatic rings. The van der Waals surface area contributed by atoms with Crippen LogP contribution in [0.1, 0.15) is 26.7 Å². The van der Waals surface area contributed by atoms with Gasteiger partial charge >= 0.3 is 0 Å². The maximum Gasteiger partial charge on any atom is 0.0622 e. The van der Waals surface area contributed by atoms with Gasteiger partial charge in [-0.15, -0.1) is 0 Å². The van der Waals surface area contributed by atoms with E-state index in [0.717, 1.165) is 13.0 Å². The molecule has 0 aromatic carbocycles. The zero-order chi connectivity index (χ0) is 8.32. The summed E-state index contributed by atoms with van der Waals surface area (Å²) in [5.41, 5.74) is 0.534. The van der Waals surface area contributed by atoms with Crippen molar-refractivity contribution in [2.45, 2.75) is 26.7 Å². The van der Waals surface area contributed by atoms with Crippen LogP contribution in [0.3, 0.4) is 0 Å². The molecule has 62 valence electrons. The van der Waals surface area contributed by atoms with E-state index in [1.165, 1.54) is 13.1 Å². The summed E-state index contributed by atoms with van der Waals surface area (Å²) in [6.45, 7) is 8.09. The molecule has 1 saturated heterocycles. The largest absolute Gasteiger partial charge is 0.302 e. The molecule has 1 rings (SSSR count). The molecule has 1 fully saturated rings. The zero-order valence-corrected chi connectivity index (χ0v) is 7.43. The van der Waals surface area contributed by atoms with Gasteiger partial charge in [-0.05, 0) is 18.4 Å². The number of hydrogen-bond acceptors (Lipinski definition) is 2. The predicted octanol–water partition coefficient (Wildman–Crippen LogP) is 1.63. The zero-order valence-electron chi connectivity index (χ0n) is 7.43. The van der Waals surface area contributed by atoms with Crippen LogP contribution in [0.15, 0.2) is 0 Å². The first kappa shape index (κ1) is 8.55. The van der Waals surface area contributed by atoms with Crippen LogP contribution in [-0.4, -0.2) is 24.5 Å². The van der Waals surface area contributed by atoms with Crippen molar-refractivity contribution >= 4 is 0 Å². The molecule has 0 aromatic heterocycles. The number of rotatable bonds is 3. The van der Waals surface area contributed by atoms with E-state index in [2.05, 4.69) is 24.8 Å². The number of nitriles is 1. The molecule has 0 N–H and O–H groups in total. The SMILES string of the molecule is CC1(C)CN(CCCC#N)C1. The lowest BCUT2D eigenvalue weighted by atomic mass is 9.84. The van der Waals surface area contributed by atoms with Crippen molar-refractivity contribution < 1.29 is 0 Å². The summed E-state index contributed by atoms with van der Waals surface area (Å²) in [7, 11) is 0. The van der Waals surface area contributed by atoms with E-state index in [0.29, 0.717) is 11.8 Å². The van der Waals surface area contributed by atoms with Crippen LogP contribution in [-0.2, 0) is 0 Å². The smallest absolute Gasteiger partial charge is 0.0622 e. The minimum Gasteiger partial charge on any atom is -0.302 e. The van der Waals surface area contributed by atoms with Gasteiger partial charge in [0.15, 0.2) is 0 Å². The van der Waals surface area contributed by atoms with Gasteiger partial charge in [-0.25, -0.2) is 0 Å². The molecule has 1 aliphatic heterocycles. The Bertz CT molecular complexity index is 159. The Labute approximate surface area is 68.8 Å². The third-order valence-electron chi connectivity index (χ3n) is 2.07. The lowest BCUT2D eigenvalue weighted by Gasteiger charge is -2.45. The molecule has 2 nitrogen and oxygen atoms in total. The van der Waals surface area contributed by atoms with Crippen molar-refractivity contribution in [3.63, 3.8) is 0 Å². The Morgan fingerprint density at radius 2 is 2.09 bits per heavy atom. The van der Waals surface area contributed by atoms with Crippen molar-refractivity contribution in [2.24, 2.45) is 5.41 Å². The highest BCUT2D eigenvalue weighted by atomic mass is 15.2. The van der Waals surface area contributed by atoms with Gasteiger partial charge in [0.1, 0.15) is 0 Å². The van der Waals surface area contributed by atoms with Crippen molar-refractivity contribution in [1.29, 1.82) is 5.26 Å². The molecule has 0 spiro atoms. The first-order chi connectivity index (χ1) is 5.14. The van der Waals surface area contributed by atoms with Crippen molar-refractivity contribution in [3.05, 3.63) is 0 Å². The topological polar surface area (TPSA) is 27.0 Å². The molecule has 1 heterocycles. The number of likely N-dealkylation sites (tertiary alicyclic amines) is 1. The average Bonchev–Trinajstić information content (AvgIpc) is 1.84. The van der Waals surface area contributed by atoms with Crippen molar-refractivity contribution in [3.8, 4) is 6.07 Å². The van der Waals surface area contributed by atoms with Gasteiger partial charge in [0.2, 0.25) is 0 Å². The molecule has 11 heavy (non-hydrogen) atoms. The Kier molecular flexibility index (Phi) is 2.51. The lowest BCUT2D eigenvalue weighted by molar-refractivity contribution is 0.0308. The summed E-state index contributed by atoms with van der Waals surface area (Å²) in [6, 6.07) is 2.17. The lowest BCUT2D eigenvalue weighted by Crippen LogP contribution is -2.52. The normalized spacial score (nSPS) is 22.3. The molecule has 2 heteroatoms. The van der Waals surface area contributed by atoms with Crippen LogP contribution in [0.5, 0.6) is 0 Å². The standard InChI is InChI=1S/C9H16N2/c1-9(2)7-11(8-9)6-4-3-5-10/h3-4,6-8H2,1-2H3. The highest BCUT2D eigenvalue weighted by Gasteiger charge is 2.32. The molecular weight excluding hydrogens is 136 g/mol. The Balaban J connectivity index is 2.01. The van der Waals surface area contributed by atoms with Gasteiger partial charge in [0, 0.05) is 19.5 Å². The van der Waals surface area contributed by atoms with Gasteiger partial charge in [-0.2, -0.15) is 5.26 Å². The van der Waals surface area contributed by atoms with Crippen molar-refractivity contribution in [1.82, 2.24) is 4.90 Å². The fraction of sp³-hybridized carbons (Fsp3) is 0.889. The van der Waals surface area contributed by atoms with Gasteiger partial charge in [0.05, 0.1) is 6.07 Å². The average molecular weight is 152 g/mol. The summed E-state index contributed by atoms with van der Waals surface area (Å²) in [5.74, 6) is 0. The summed E-state index contributed by atoms with van der Waals surface area (Å²) in [5, 5.41) is 8.30. The molecular formula is C9H16N2. The molecule has 0 amide bonds. The third kappa shape index (κ3) is 2.51. The van der Waals surface area contributed by atoms with Crippen molar-refractivity contribution in [2.75, 3.05) is 19.6 Å². The highest BCUT2D eigenvalue weighted by Crippen LogP contribution is 2.28. The fourth-order valence-electron chi connectivity index (χ4n) is 1.70. The second kappa shape index (κ2) is 3.23. The maximum atomic E-state index is 8.30. The summed E-state index contributed by atoms with van der Waals surface area (Å²) in [4.78, 5) is 2.41. The fourth-order valence-corrected chi connectivity index (χ4v) is 1.70. The van der Waals surface area contributed by atoms with Crippen LogP contribution in [0.2, 0.25) is 0 Å². The van der Waals surface area contributed by atoms with Crippen LogP contribution in [0, 0.1) is 16.7 Å². The Hall–Kier alpha value is -0.550. The molecule has 0 radical (unpaired) electrons. The first-order valence-electron chi connectivity index (χ1n) is 4.23. The molecule has 0 unspecified atom stereocenters. The molecule has 0 bridgehead atoms. The predicted molar refractivity (Wildman–Crippen MR) is 45.1 cm³/mol. The van der Waals surface area contributed by atoms with Gasteiger partial charge < -0.3 is 4.90 Å². The second-order valence-electron chi connectivity index (χ2n) is 4.14. The van der Waals surface area contributed by atoms with Crippen LogP contribution in [0.25, 0.3) is 0 Å². The minimum atomic E-state index is 0.534. The molecule has 0 aliphatic carbocycles. The Morgan fingerprint density at radius 1 is 1.45 bits per heavy atom. The number of hydrogen-bond donors (Lipinski definition) is 0. The van der Waals surface area contributed by atoms with E-state index in [4.69, 9.17) is 5.26 Å². The molecule has 0 atom stereocenters. The van der Waals surface area contributed by atoms with Gasteiger partial charge in [-0.3, -0.25) is 0 Å². The maximum absolute atomic E-state index is 8.30. The van der Waals surface area contributed by atoms with E-state index in [9.17, 15) is 0 Å². The van der Waals surface area contributed by atoms with Crippen LogP contribution in [0.4, 0.5) is 0 Å². The molecule has 0 saturated carbocycles. The highest BCUT2D eigenvalue weighted by molar-refractivity contribution is 4.87. The Morgan fingerprint density at radius 3 is 2.55 bits per heavy atom. The molecule has 0 aromatic rings. The summed E-state index contributed by atoms with van der Waals surface area (Å²) < 4.78 is 0. The minimum absolute atomic E-state index is 0.534. The second-order valence-corrected chi connectivity index (χ2v) is 4.14. The third-order valence-corrected chi connectivity index (χ3v) is 2.07. The van der Waals surface area contributed by atoms with E-state index in [1.54, 1.807) is 0 Å². The quantitative estimate of drug-likeness (QED) is 0.575. The monoisotopic (exact) mass is 152 g/mol. The number of nitrogens with zero attached hydrogens (tertiary/aromatic N) is 2.